The lowest BCUT2D eigenvalue weighted by atomic mass is 9.82. The van der Waals surface area contributed by atoms with Gasteiger partial charge in [0.05, 0.1) is 11.1 Å². The first kappa shape index (κ1) is 20.2. The van der Waals surface area contributed by atoms with E-state index in [4.69, 9.17) is 0 Å². The zero-order valence-corrected chi connectivity index (χ0v) is 15.3. The Hall–Kier alpha value is -3.11. The number of hydrogen-bond acceptors (Lipinski definition) is 4. The lowest BCUT2D eigenvalue weighted by Gasteiger charge is -2.37. The van der Waals surface area contributed by atoms with E-state index in [1.54, 1.807) is 0 Å². The number of rotatable bonds is 1. The molecule has 0 atom stereocenters. The molecule has 0 bridgehead atoms. The smallest absolute Gasteiger partial charge is 0.268 e. The van der Waals surface area contributed by atoms with Crippen molar-refractivity contribution >= 4 is 16.7 Å². The second-order valence-corrected chi connectivity index (χ2v) is 7.22. The minimum Gasteiger partial charge on any atom is -0.268 e. The van der Waals surface area contributed by atoms with Crippen molar-refractivity contribution in [3.63, 3.8) is 0 Å². The van der Waals surface area contributed by atoms with Crippen LogP contribution in [0.2, 0.25) is 0 Å². The fraction of sp³-hybridized carbons (Fsp3) is 0.263. The van der Waals surface area contributed by atoms with Crippen molar-refractivity contribution in [2.45, 2.75) is 31.5 Å². The van der Waals surface area contributed by atoms with Crippen LogP contribution in [-0.4, -0.2) is 26.4 Å². The van der Waals surface area contributed by atoms with Gasteiger partial charge in [-0.05, 0) is 38.1 Å². The molecule has 0 aliphatic carbocycles. The molecule has 30 heavy (non-hydrogen) atoms. The maximum atomic E-state index is 15.0. The quantitative estimate of drug-likeness (QED) is 0.510. The standard InChI is InChI=1S/C19H11F7N4/c1-17(2)18(22,23)10-7-8(19(24,25)26)3-4-9(10)14(28-17)16-27-12-6-5-11(20)13(21)15(12)29-30-16/h3-7H,1-2H3. The fourth-order valence-electron chi connectivity index (χ4n) is 3.15. The van der Waals surface area contributed by atoms with Crippen LogP contribution in [0.15, 0.2) is 35.3 Å². The van der Waals surface area contributed by atoms with Crippen LogP contribution in [0.4, 0.5) is 30.7 Å². The molecule has 0 amide bonds. The van der Waals surface area contributed by atoms with Crippen LogP contribution < -0.4 is 0 Å². The first-order chi connectivity index (χ1) is 13.8. The Morgan fingerprint density at radius 3 is 2.30 bits per heavy atom. The van der Waals surface area contributed by atoms with Gasteiger partial charge in [-0.1, -0.05) is 6.07 Å². The third-order valence-corrected chi connectivity index (χ3v) is 4.83. The Labute approximate surface area is 164 Å². The third-order valence-electron chi connectivity index (χ3n) is 4.83. The monoisotopic (exact) mass is 428 g/mol. The molecule has 0 saturated heterocycles. The summed E-state index contributed by atoms with van der Waals surface area (Å²) in [6.07, 6.45) is -4.83. The van der Waals surface area contributed by atoms with Gasteiger partial charge in [-0.3, -0.25) is 4.99 Å². The molecule has 0 radical (unpaired) electrons. The zero-order chi connectivity index (χ0) is 22.1. The highest BCUT2D eigenvalue weighted by atomic mass is 19.4. The van der Waals surface area contributed by atoms with Gasteiger partial charge >= 0.3 is 6.18 Å². The Balaban J connectivity index is 1.96. The summed E-state index contributed by atoms with van der Waals surface area (Å²) in [4.78, 5) is 7.98. The molecule has 4 rings (SSSR count). The molecule has 0 fully saturated rings. The predicted molar refractivity (Wildman–Crippen MR) is 92.3 cm³/mol. The molecule has 2 aromatic carbocycles. The van der Waals surface area contributed by atoms with E-state index >= 15 is 0 Å². The van der Waals surface area contributed by atoms with Crippen LogP contribution >= 0.6 is 0 Å². The van der Waals surface area contributed by atoms with E-state index < -0.39 is 45.9 Å². The Morgan fingerprint density at radius 2 is 1.63 bits per heavy atom. The van der Waals surface area contributed by atoms with Crippen molar-refractivity contribution < 1.29 is 30.7 Å². The fourth-order valence-corrected chi connectivity index (χ4v) is 3.15. The summed E-state index contributed by atoms with van der Waals surface area (Å²) in [6, 6.07) is 3.80. The molecular formula is C19H11F7N4. The van der Waals surface area contributed by atoms with E-state index in [0.717, 1.165) is 32.0 Å². The SMILES string of the molecule is CC1(C)N=C(c2nnc3c(F)c(F)ccc3n2)c2ccc(C(F)(F)F)cc2C1(F)F. The Bertz CT molecular complexity index is 1220. The Morgan fingerprint density at radius 1 is 0.933 bits per heavy atom. The summed E-state index contributed by atoms with van der Waals surface area (Å²) in [6.45, 7) is 2.11. The molecule has 1 aliphatic rings. The number of aliphatic imine (C=N–C) groups is 1. The maximum Gasteiger partial charge on any atom is 0.416 e. The minimum atomic E-state index is -4.83. The van der Waals surface area contributed by atoms with Gasteiger partial charge < -0.3 is 0 Å². The van der Waals surface area contributed by atoms with E-state index in [1.807, 2.05) is 0 Å². The van der Waals surface area contributed by atoms with E-state index in [2.05, 4.69) is 20.2 Å². The topological polar surface area (TPSA) is 51.0 Å². The van der Waals surface area contributed by atoms with Gasteiger partial charge in [0, 0.05) is 11.1 Å². The summed E-state index contributed by atoms with van der Waals surface area (Å²) >= 11 is 0. The van der Waals surface area contributed by atoms with Gasteiger partial charge in [-0.2, -0.15) is 22.0 Å². The molecule has 0 spiro atoms. The van der Waals surface area contributed by atoms with Gasteiger partial charge in [-0.25, -0.2) is 13.8 Å². The molecule has 4 nitrogen and oxygen atoms in total. The largest absolute Gasteiger partial charge is 0.416 e. The molecular weight excluding hydrogens is 417 g/mol. The molecule has 0 N–H and O–H groups in total. The van der Waals surface area contributed by atoms with Crippen LogP contribution in [0.3, 0.4) is 0 Å². The summed E-state index contributed by atoms with van der Waals surface area (Å²) in [5.74, 6) is -6.50. The van der Waals surface area contributed by atoms with Gasteiger partial charge in [-0.15, -0.1) is 10.2 Å². The van der Waals surface area contributed by atoms with Crippen molar-refractivity contribution in [3.8, 4) is 0 Å². The molecule has 2 heterocycles. The van der Waals surface area contributed by atoms with Gasteiger partial charge in [0.15, 0.2) is 17.2 Å². The van der Waals surface area contributed by atoms with Crippen LogP contribution in [-0.2, 0) is 12.1 Å². The van der Waals surface area contributed by atoms with Crippen molar-refractivity contribution in [3.05, 3.63) is 64.5 Å². The maximum absolute atomic E-state index is 15.0. The highest BCUT2D eigenvalue weighted by Crippen LogP contribution is 2.48. The molecule has 0 unspecified atom stereocenters. The zero-order valence-electron chi connectivity index (χ0n) is 15.3. The highest BCUT2D eigenvalue weighted by Gasteiger charge is 2.54. The summed E-state index contributed by atoms with van der Waals surface area (Å²) in [5, 5.41) is 7.20. The van der Waals surface area contributed by atoms with Gasteiger partial charge in [0.2, 0.25) is 5.82 Å². The summed E-state index contributed by atoms with van der Waals surface area (Å²) in [7, 11) is 0. The van der Waals surface area contributed by atoms with E-state index in [9.17, 15) is 30.7 Å². The average molecular weight is 428 g/mol. The number of fused-ring (bicyclic) bond motifs is 2. The average Bonchev–Trinajstić information content (AvgIpc) is 2.67. The number of alkyl halides is 5. The minimum absolute atomic E-state index is 0.120. The summed E-state index contributed by atoms with van der Waals surface area (Å²) in [5.41, 5.74) is -5.40. The van der Waals surface area contributed by atoms with Gasteiger partial charge in [0.25, 0.3) is 5.92 Å². The number of benzene rings is 2. The van der Waals surface area contributed by atoms with Crippen LogP contribution in [0.1, 0.15) is 36.4 Å². The number of nitrogens with zero attached hydrogens (tertiary/aromatic N) is 4. The molecule has 1 aliphatic heterocycles. The molecule has 1 aromatic heterocycles. The van der Waals surface area contributed by atoms with E-state index in [1.165, 1.54) is 0 Å². The van der Waals surface area contributed by atoms with E-state index in [-0.39, 0.29) is 22.6 Å². The van der Waals surface area contributed by atoms with Gasteiger partial charge in [0.1, 0.15) is 11.3 Å². The van der Waals surface area contributed by atoms with Crippen molar-refractivity contribution in [1.29, 1.82) is 0 Å². The van der Waals surface area contributed by atoms with Crippen molar-refractivity contribution in [2.24, 2.45) is 4.99 Å². The van der Waals surface area contributed by atoms with Crippen molar-refractivity contribution in [2.75, 3.05) is 0 Å². The van der Waals surface area contributed by atoms with Crippen LogP contribution in [0, 0.1) is 11.6 Å². The highest BCUT2D eigenvalue weighted by molar-refractivity contribution is 6.13. The number of hydrogen-bond donors (Lipinski definition) is 0. The van der Waals surface area contributed by atoms with E-state index in [0.29, 0.717) is 12.1 Å². The molecule has 0 saturated carbocycles. The third kappa shape index (κ3) is 2.91. The van der Waals surface area contributed by atoms with Crippen molar-refractivity contribution in [1.82, 2.24) is 15.2 Å². The molecule has 3 aromatic rings. The number of aromatic nitrogens is 3. The lowest BCUT2D eigenvalue weighted by molar-refractivity contribution is -0.138. The summed E-state index contributed by atoms with van der Waals surface area (Å²) < 4.78 is 96.4. The predicted octanol–water partition coefficient (Wildman–Crippen LogP) is 5.04. The lowest BCUT2D eigenvalue weighted by Crippen LogP contribution is -2.44. The molecule has 156 valence electrons. The van der Waals surface area contributed by atoms with Crippen LogP contribution in [0.25, 0.3) is 11.0 Å². The molecule has 11 heteroatoms. The second kappa shape index (κ2) is 6.19. The normalized spacial score (nSPS) is 17.6. The Kier molecular flexibility index (Phi) is 4.16. The number of halogens is 7. The second-order valence-electron chi connectivity index (χ2n) is 7.22. The first-order valence-corrected chi connectivity index (χ1v) is 8.51. The first-order valence-electron chi connectivity index (χ1n) is 8.51. The van der Waals surface area contributed by atoms with Crippen LogP contribution in [0.5, 0.6) is 0 Å².